The second-order valence-electron chi connectivity index (χ2n) is 4.57. The van der Waals surface area contributed by atoms with Crippen molar-refractivity contribution in [3.63, 3.8) is 0 Å². The van der Waals surface area contributed by atoms with Crippen LogP contribution in [0, 0.1) is 0 Å². The van der Waals surface area contributed by atoms with Crippen molar-refractivity contribution < 1.29 is 9.90 Å². The van der Waals surface area contributed by atoms with Gasteiger partial charge in [0, 0.05) is 28.4 Å². The van der Waals surface area contributed by atoms with Crippen molar-refractivity contribution in [1.29, 1.82) is 0 Å². The van der Waals surface area contributed by atoms with Crippen molar-refractivity contribution >= 4 is 17.3 Å². The fraction of sp³-hybridized carbons (Fsp3) is 0.0588. The Morgan fingerprint density at radius 1 is 0.952 bits per heavy atom. The van der Waals surface area contributed by atoms with Gasteiger partial charge in [-0.15, -0.1) is 11.3 Å². The molecule has 0 spiro atoms. The van der Waals surface area contributed by atoms with E-state index in [9.17, 15) is 9.90 Å². The average molecular weight is 294 g/mol. The summed E-state index contributed by atoms with van der Waals surface area (Å²) in [6.07, 6.45) is -0.116. The number of nitrogens with zero attached hydrogens (tertiary/aromatic N) is 1. The van der Waals surface area contributed by atoms with Crippen LogP contribution in [0.15, 0.2) is 60.7 Å². The molecule has 2 aromatic carbocycles. The summed E-state index contributed by atoms with van der Waals surface area (Å²) >= 11 is 1.40. The minimum Gasteiger partial charge on any atom is -0.550 e. The Morgan fingerprint density at radius 3 is 2.10 bits per heavy atom. The summed E-state index contributed by atoms with van der Waals surface area (Å²) in [5, 5.41) is 11.8. The first-order chi connectivity index (χ1) is 10.2. The van der Waals surface area contributed by atoms with Crippen molar-refractivity contribution in [2.24, 2.45) is 0 Å². The highest BCUT2D eigenvalue weighted by molar-refractivity contribution is 7.15. The Bertz CT molecular complexity index is 751. The molecule has 1 heterocycles. The molecule has 3 rings (SSSR count). The zero-order chi connectivity index (χ0) is 14.7. The van der Waals surface area contributed by atoms with Gasteiger partial charge in [0.15, 0.2) is 0 Å². The normalized spacial score (nSPS) is 10.5. The number of carboxylic acid groups (broad SMARTS) is 1. The Labute approximate surface area is 126 Å². The van der Waals surface area contributed by atoms with Gasteiger partial charge in [0.1, 0.15) is 5.01 Å². The fourth-order valence-electron chi connectivity index (χ4n) is 2.13. The van der Waals surface area contributed by atoms with Crippen molar-refractivity contribution in [3.8, 4) is 21.8 Å². The van der Waals surface area contributed by atoms with E-state index in [2.05, 4.69) is 4.98 Å². The van der Waals surface area contributed by atoms with E-state index in [-0.39, 0.29) is 6.42 Å². The molecular weight excluding hydrogens is 282 g/mol. The summed E-state index contributed by atoms with van der Waals surface area (Å²) in [7, 11) is 0. The van der Waals surface area contributed by atoms with Crippen molar-refractivity contribution in [2.45, 2.75) is 6.42 Å². The first kappa shape index (κ1) is 13.5. The van der Waals surface area contributed by atoms with Crippen LogP contribution >= 0.6 is 11.3 Å². The molecule has 4 heteroatoms. The number of aliphatic carboxylic acids is 1. The van der Waals surface area contributed by atoms with E-state index in [1.165, 1.54) is 11.3 Å². The van der Waals surface area contributed by atoms with Crippen LogP contribution in [0.5, 0.6) is 0 Å². The van der Waals surface area contributed by atoms with Gasteiger partial charge in [0.25, 0.3) is 0 Å². The third-order valence-electron chi connectivity index (χ3n) is 3.07. The molecule has 0 N–H and O–H groups in total. The molecule has 3 nitrogen and oxygen atoms in total. The fourth-order valence-corrected chi connectivity index (χ4v) is 3.20. The number of carbonyl (C=O) groups is 1. The van der Waals surface area contributed by atoms with E-state index >= 15 is 0 Å². The van der Waals surface area contributed by atoms with Gasteiger partial charge in [-0.1, -0.05) is 60.7 Å². The lowest BCUT2D eigenvalue weighted by Crippen LogP contribution is -2.24. The zero-order valence-corrected chi connectivity index (χ0v) is 12.0. The lowest BCUT2D eigenvalue weighted by Gasteiger charge is -2.02. The van der Waals surface area contributed by atoms with E-state index < -0.39 is 5.97 Å². The van der Waals surface area contributed by atoms with Crippen LogP contribution in [-0.2, 0) is 11.2 Å². The van der Waals surface area contributed by atoms with E-state index in [0.717, 1.165) is 26.7 Å². The van der Waals surface area contributed by atoms with Crippen LogP contribution in [0.3, 0.4) is 0 Å². The summed E-state index contributed by atoms with van der Waals surface area (Å²) in [5.74, 6) is -1.09. The van der Waals surface area contributed by atoms with E-state index in [1.54, 1.807) is 0 Å². The number of thiazole rings is 1. The summed E-state index contributed by atoms with van der Waals surface area (Å²) in [4.78, 5) is 16.3. The molecule has 0 fully saturated rings. The van der Waals surface area contributed by atoms with Crippen molar-refractivity contribution in [1.82, 2.24) is 4.98 Å². The van der Waals surface area contributed by atoms with E-state index in [1.807, 2.05) is 60.7 Å². The minimum absolute atomic E-state index is 0.116. The number of carboxylic acids is 1. The molecule has 0 aliphatic carbocycles. The summed E-state index contributed by atoms with van der Waals surface area (Å²) < 4.78 is 0. The van der Waals surface area contributed by atoms with Gasteiger partial charge in [0.2, 0.25) is 0 Å². The maximum Gasteiger partial charge on any atom is 0.124 e. The monoisotopic (exact) mass is 294 g/mol. The van der Waals surface area contributed by atoms with Gasteiger partial charge in [-0.2, -0.15) is 0 Å². The molecule has 0 amide bonds. The summed E-state index contributed by atoms with van der Waals surface area (Å²) in [5.41, 5.74) is 2.64. The molecule has 0 radical (unpaired) electrons. The molecule has 1 aromatic heterocycles. The Balaban J connectivity index is 2.10. The number of rotatable bonds is 4. The highest BCUT2D eigenvalue weighted by Gasteiger charge is 2.14. The smallest absolute Gasteiger partial charge is 0.124 e. The summed E-state index contributed by atoms with van der Waals surface area (Å²) in [6, 6.07) is 19.4. The summed E-state index contributed by atoms with van der Waals surface area (Å²) in [6.45, 7) is 0. The largest absolute Gasteiger partial charge is 0.550 e. The molecule has 0 saturated heterocycles. The van der Waals surface area contributed by atoms with Crippen LogP contribution < -0.4 is 5.11 Å². The van der Waals surface area contributed by atoms with Crippen LogP contribution in [0.2, 0.25) is 0 Å². The van der Waals surface area contributed by atoms with Gasteiger partial charge in [-0.25, -0.2) is 4.98 Å². The quantitative estimate of drug-likeness (QED) is 0.743. The van der Waals surface area contributed by atoms with Crippen LogP contribution in [0.1, 0.15) is 4.88 Å². The second-order valence-corrected chi connectivity index (χ2v) is 5.66. The van der Waals surface area contributed by atoms with Crippen LogP contribution in [-0.4, -0.2) is 11.0 Å². The molecule has 21 heavy (non-hydrogen) atoms. The molecular formula is C17H12NO2S-. The van der Waals surface area contributed by atoms with Crippen LogP contribution in [0.4, 0.5) is 0 Å². The molecule has 0 aliphatic rings. The number of benzene rings is 2. The number of hydrogen-bond acceptors (Lipinski definition) is 4. The molecule has 0 unspecified atom stereocenters. The van der Waals surface area contributed by atoms with Gasteiger partial charge < -0.3 is 9.90 Å². The molecule has 0 aliphatic heterocycles. The first-order valence-electron chi connectivity index (χ1n) is 6.54. The molecule has 3 aromatic rings. The van der Waals surface area contributed by atoms with Gasteiger partial charge in [-0.3, -0.25) is 0 Å². The minimum atomic E-state index is -1.09. The predicted octanol–water partition coefficient (Wildman–Crippen LogP) is 2.77. The predicted molar refractivity (Wildman–Crippen MR) is 81.7 cm³/mol. The Hall–Kier alpha value is -2.46. The Kier molecular flexibility index (Phi) is 3.79. The Morgan fingerprint density at radius 2 is 1.52 bits per heavy atom. The van der Waals surface area contributed by atoms with Crippen molar-refractivity contribution in [3.05, 3.63) is 65.5 Å². The van der Waals surface area contributed by atoms with Gasteiger partial charge >= 0.3 is 0 Å². The van der Waals surface area contributed by atoms with Gasteiger partial charge in [0.05, 0.1) is 5.69 Å². The standard InChI is InChI=1S/C17H13NO2S/c19-15(20)11-14-16(12-7-3-1-4-8-12)18-17(21-14)13-9-5-2-6-10-13/h1-10H,11H2,(H,19,20)/p-1. The molecule has 104 valence electrons. The molecule has 0 atom stereocenters. The van der Waals surface area contributed by atoms with E-state index in [4.69, 9.17) is 0 Å². The first-order valence-corrected chi connectivity index (χ1v) is 7.36. The number of carbonyl (C=O) groups excluding carboxylic acids is 1. The van der Waals surface area contributed by atoms with Crippen molar-refractivity contribution in [2.75, 3.05) is 0 Å². The topological polar surface area (TPSA) is 53.0 Å². The molecule has 0 saturated carbocycles. The maximum atomic E-state index is 11.0. The SMILES string of the molecule is O=C([O-])Cc1sc(-c2ccccc2)nc1-c1ccccc1. The zero-order valence-electron chi connectivity index (χ0n) is 11.2. The third-order valence-corrected chi connectivity index (χ3v) is 4.17. The maximum absolute atomic E-state index is 11.0. The molecule has 0 bridgehead atoms. The number of hydrogen-bond donors (Lipinski definition) is 0. The van der Waals surface area contributed by atoms with Crippen LogP contribution in [0.25, 0.3) is 21.8 Å². The highest BCUT2D eigenvalue weighted by atomic mass is 32.1. The third kappa shape index (κ3) is 3.01. The lowest BCUT2D eigenvalue weighted by atomic mass is 10.1. The lowest BCUT2D eigenvalue weighted by molar-refractivity contribution is -0.304. The average Bonchev–Trinajstić information content (AvgIpc) is 2.92. The second kappa shape index (κ2) is 5.89. The van der Waals surface area contributed by atoms with E-state index in [0.29, 0.717) is 0 Å². The number of aromatic nitrogens is 1. The highest BCUT2D eigenvalue weighted by Crippen LogP contribution is 2.33. The van der Waals surface area contributed by atoms with Gasteiger partial charge in [-0.05, 0) is 0 Å².